The molecule has 23 heavy (non-hydrogen) atoms. The van der Waals surface area contributed by atoms with Crippen LogP contribution in [0.1, 0.15) is 58.2 Å². The van der Waals surface area contributed by atoms with Crippen LogP contribution in [-0.2, 0) is 19.3 Å². The number of aromatic nitrogens is 2. The molecular weight excluding hydrogens is 306 g/mol. The van der Waals surface area contributed by atoms with Gasteiger partial charge in [0.15, 0.2) is 0 Å². The molecule has 0 radical (unpaired) electrons. The Bertz CT molecular complexity index is 696. The van der Waals surface area contributed by atoms with Gasteiger partial charge in [0, 0.05) is 36.8 Å². The van der Waals surface area contributed by atoms with E-state index in [0.717, 1.165) is 55.9 Å². The van der Waals surface area contributed by atoms with Crippen LogP contribution >= 0.6 is 11.3 Å². The molecule has 1 saturated heterocycles. The van der Waals surface area contributed by atoms with Crippen LogP contribution in [0.4, 0.5) is 0 Å². The molecule has 2 aromatic heterocycles. The summed E-state index contributed by atoms with van der Waals surface area (Å²) in [5, 5.41) is 0. The Morgan fingerprint density at radius 2 is 2.30 bits per heavy atom. The van der Waals surface area contributed by atoms with Gasteiger partial charge in [0.05, 0.1) is 10.9 Å². The Morgan fingerprint density at radius 1 is 1.39 bits per heavy atom. The highest BCUT2D eigenvalue weighted by Gasteiger charge is 2.28. The Labute approximate surface area is 141 Å². The van der Waals surface area contributed by atoms with Crippen molar-refractivity contribution in [3.8, 4) is 0 Å². The smallest absolute Gasteiger partial charge is 0.264 e. The highest BCUT2D eigenvalue weighted by Crippen LogP contribution is 2.32. The lowest BCUT2D eigenvalue weighted by molar-refractivity contribution is 0.0683. The summed E-state index contributed by atoms with van der Waals surface area (Å²) in [5.74, 6) is 1.35. The number of aryl methyl sites for hydroxylation is 3. The Hall–Kier alpha value is -1.62. The number of carbonyl (C=O) groups excluding carboxylic acids is 1. The standard InChI is InChI=1S/C18H23N3OS/c1-2-17-19-8-10-21(17)14-6-4-9-20(12-14)18(22)16-11-13-5-3-7-15(13)23-16/h8,10-11,14H,2-7,9,12H2,1H3. The molecule has 3 heterocycles. The molecule has 0 aromatic carbocycles. The van der Waals surface area contributed by atoms with Crippen molar-refractivity contribution in [3.05, 3.63) is 39.6 Å². The number of rotatable bonds is 3. The predicted molar refractivity (Wildman–Crippen MR) is 92.1 cm³/mol. The zero-order valence-electron chi connectivity index (χ0n) is 13.6. The van der Waals surface area contributed by atoms with E-state index in [9.17, 15) is 4.79 Å². The van der Waals surface area contributed by atoms with E-state index in [1.807, 2.05) is 6.20 Å². The zero-order valence-corrected chi connectivity index (χ0v) is 14.4. The number of piperidine rings is 1. The minimum absolute atomic E-state index is 0.229. The second kappa shape index (κ2) is 6.11. The van der Waals surface area contributed by atoms with Gasteiger partial charge in [-0.1, -0.05) is 6.92 Å². The number of fused-ring (bicyclic) bond motifs is 1. The molecule has 1 aliphatic heterocycles. The highest BCUT2D eigenvalue weighted by molar-refractivity contribution is 7.14. The van der Waals surface area contributed by atoms with Crippen molar-refractivity contribution in [2.75, 3.05) is 13.1 Å². The molecule has 4 rings (SSSR count). The highest BCUT2D eigenvalue weighted by atomic mass is 32.1. The number of likely N-dealkylation sites (tertiary alicyclic amines) is 1. The number of nitrogens with zero attached hydrogens (tertiary/aromatic N) is 3. The van der Waals surface area contributed by atoms with E-state index in [4.69, 9.17) is 0 Å². The lowest BCUT2D eigenvalue weighted by Gasteiger charge is -2.34. The SMILES string of the molecule is CCc1nccn1C1CCCN(C(=O)c2cc3c(s2)CCC3)C1. The molecule has 2 aromatic rings. The molecule has 5 heteroatoms. The van der Waals surface area contributed by atoms with Crippen molar-refractivity contribution in [3.63, 3.8) is 0 Å². The third kappa shape index (κ3) is 2.71. The summed E-state index contributed by atoms with van der Waals surface area (Å²) < 4.78 is 2.27. The summed E-state index contributed by atoms with van der Waals surface area (Å²) in [6, 6.07) is 2.52. The van der Waals surface area contributed by atoms with Gasteiger partial charge >= 0.3 is 0 Å². The normalized spacial score (nSPS) is 20.7. The molecule has 1 fully saturated rings. The number of hydrogen-bond acceptors (Lipinski definition) is 3. The van der Waals surface area contributed by atoms with Crippen molar-refractivity contribution in [1.29, 1.82) is 0 Å². The molecule has 122 valence electrons. The average molecular weight is 329 g/mol. The molecule has 1 aliphatic carbocycles. The fourth-order valence-electron chi connectivity index (χ4n) is 3.91. The fraction of sp³-hybridized carbons (Fsp3) is 0.556. The van der Waals surface area contributed by atoms with Gasteiger partial charge in [-0.25, -0.2) is 4.98 Å². The Morgan fingerprint density at radius 3 is 3.13 bits per heavy atom. The maximum Gasteiger partial charge on any atom is 0.264 e. The molecule has 1 atom stereocenters. The Kier molecular flexibility index (Phi) is 3.97. The van der Waals surface area contributed by atoms with Crippen molar-refractivity contribution >= 4 is 17.2 Å². The van der Waals surface area contributed by atoms with E-state index in [2.05, 4.69) is 33.6 Å². The molecule has 4 nitrogen and oxygen atoms in total. The molecule has 0 saturated carbocycles. The molecule has 1 unspecified atom stereocenters. The summed E-state index contributed by atoms with van der Waals surface area (Å²) in [6.45, 7) is 3.83. The summed E-state index contributed by atoms with van der Waals surface area (Å²) >= 11 is 1.72. The van der Waals surface area contributed by atoms with Gasteiger partial charge in [0.2, 0.25) is 0 Å². The largest absolute Gasteiger partial charge is 0.336 e. The fourth-order valence-corrected chi connectivity index (χ4v) is 5.13. The average Bonchev–Trinajstić information content (AvgIpc) is 3.29. The number of imidazole rings is 1. The lowest BCUT2D eigenvalue weighted by Crippen LogP contribution is -2.40. The van der Waals surface area contributed by atoms with Crippen molar-refractivity contribution in [2.24, 2.45) is 0 Å². The van der Waals surface area contributed by atoms with Crippen molar-refractivity contribution < 1.29 is 4.79 Å². The van der Waals surface area contributed by atoms with Crippen LogP contribution in [0.15, 0.2) is 18.5 Å². The van der Waals surface area contributed by atoms with E-state index in [-0.39, 0.29) is 5.91 Å². The van der Waals surface area contributed by atoms with Gasteiger partial charge < -0.3 is 9.47 Å². The second-order valence-electron chi connectivity index (χ2n) is 6.56. The summed E-state index contributed by atoms with van der Waals surface area (Å²) in [7, 11) is 0. The monoisotopic (exact) mass is 329 g/mol. The van der Waals surface area contributed by atoms with Gasteiger partial charge in [-0.2, -0.15) is 0 Å². The van der Waals surface area contributed by atoms with Crippen molar-refractivity contribution in [2.45, 2.75) is 51.5 Å². The molecule has 2 aliphatic rings. The number of hydrogen-bond donors (Lipinski definition) is 0. The molecule has 1 amide bonds. The van der Waals surface area contributed by atoms with Crippen LogP contribution in [0.25, 0.3) is 0 Å². The quantitative estimate of drug-likeness (QED) is 0.865. The van der Waals surface area contributed by atoms with Crippen LogP contribution in [0.3, 0.4) is 0 Å². The van der Waals surface area contributed by atoms with Gasteiger partial charge in [0.1, 0.15) is 5.82 Å². The van der Waals surface area contributed by atoms with Crippen LogP contribution < -0.4 is 0 Å². The first-order chi connectivity index (χ1) is 11.3. The first-order valence-corrected chi connectivity index (χ1v) is 9.50. The summed E-state index contributed by atoms with van der Waals surface area (Å²) in [6.07, 6.45) is 10.6. The number of thiophene rings is 1. The van der Waals surface area contributed by atoms with Gasteiger partial charge in [0.25, 0.3) is 5.91 Å². The van der Waals surface area contributed by atoms with E-state index >= 15 is 0 Å². The first-order valence-electron chi connectivity index (χ1n) is 8.69. The molecule has 0 N–H and O–H groups in total. The lowest BCUT2D eigenvalue weighted by atomic mass is 10.0. The Balaban J connectivity index is 1.51. The minimum Gasteiger partial charge on any atom is -0.336 e. The first kappa shape index (κ1) is 14.9. The van der Waals surface area contributed by atoms with Gasteiger partial charge in [-0.3, -0.25) is 4.79 Å². The predicted octanol–water partition coefficient (Wildman–Crippen LogP) is 3.47. The number of carbonyl (C=O) groups is 1. The van der Waals surface area contributed by atoms with E-state index in [0.29, 0.717) is 6.04 Å². The zero-order chi connectivity index (χ0) is 15.8. The maximum atomic E-state index is 12.9. The van der Waals surface area contributed by atoms with Crippen LogP contribution in [0, 0.1) is 0 Å². The van der Waals surface area contributed by atoms with E-state index < -0.39 is 0 Å². The van der Waals surface area contributed by atoms with Crippen LogP contribution in [0.5, 0.6) is 0 Å². The maximum absolute atomic E-state index is 12.9. The van der Waals surface area contributed by atoms with E-state index in [1.165, 1.54) is 16.9 Å². The van der Waals surface area contributed by atoms with Crippen LogP contribution in [-0.4, -0.2) is 33.4 Å². The third-order valence-electron chi connectivity index (χ3n) is 5.10. The second-order valence-corrected chi connectivity index (χ2v) is 7.70. The minimum atomic E-state index is 0.229. The van der Waals surface area contributed by atoms with Gasteiger partial charge in [-0.05, 0) is 43.7 Å². The topological polar surface area (TPSA) is 38.1 Å². The van der Waals surface area contributed by atoms with Crippen molar-refractivity contribution in [1.82, 2.24) is 14.5 Å². The summed E-state index contributed by atoms with van der Waals surface area (Å²) in [5.41, 5.74) is 1.41. The van der Waals surface area contributed by atoms with E-state index in [1.54, 1.807) is 11.3 Å². The van der Waals surface area contributed by atoms with Crippen LogP contribution in [0.2, 0.25) is 0 Å². The molecule has 0 bridgehead atoms. The molecule has 0 spiro atoms. The summed E-state index contributed by atoms with van der Waals surface area (Å²) in [4.78, 5) is 21.7. The molecular formula is C18H23N3OS. The third-order valence-corrected chi connectivity index (χ3v) is 6.32. The van der Waals surface area contributed by atoms with Gasteiger partial charge in [-0.15, -0.1) is 11.3 Å². The number of amides is 1.